The number of aromatic hydroxyl groups is 1. The largest absolute Gasteiger partial charge is 0.505 e. The fourth-order valence-corrected chi connectivity index (χ4v) is 4.17. The molecule has 0 fully saturated rings. The summed E-state index contributed by atoms with van der Waals surface area (Å²) in [4.78, 5) is 16.5. The van der Waals surface area contributed by atoms with Crippen LogP contribution in [-0.4, -0.2) is 16.6 Å². The summed E-state index contributed by atoms with van der Waals surface area (Å²) in [6.45, 7) is 3.69. The van der Waals surface area contributed by atoms with E-state index in [0.29, 0.717) is 22.5 Å². The van der Waals surface area contributed by atoms with Crippen LogP contribution in [-0.2, 0) is 10.2 Å². The van der Waals surface area contributed by atoms with Gasteiger partial charge in [-0.1, -0.05) is 60.3 Å². The maximum absolute atomic E-state index is 12.0. The monoisotopic (exact) mass is 375 g/mol. The van der Waals surface area contributed by atoms with E-state index in [1.165, 1.54) is 12.1 Å². The van der Waals surface area contributed by atoms with Crippen LogP contribution < -0.4 is 0 Å². The molecule has 1 aromatic rings. The lowest BCUT2D eigenvalue weighted by Crippen LogP contribution is -2.33. The molecule has 7 heteroatoms. The van der Waals surface area contributed by atoms with Crippen LogP contribution >= 0.6 is 46.4 Å². The first-order chi connectivity index (χ1) is 10.2. The van der Waals surface area contributed by atoms with E-state index in [4.69, 9.17) is 46.4 Å². The Morgan fingerprint density at radius 2 is 1.82 bits per heavy atom. The van der Waals surface area contributed by atoms with Crippen molar-refractivity contribution >= 4 is 63.6 Å². The molecule has 0 amide bonds. The third kappa shape index (κ3) is 2.04. The third-order valence-corrected chi connectivity index (χ3v) is 5.12. The lowest BCUT2D eigenvalue weighted by atomic mass is 9.71. The number of carbonyl (C=O) groups excluding carboxylic acids is 1. The highest BCUT2D eigenvalue weighted by atomic mass is 35.5. The van der Waals surface area contributed by atoms with Gasteiger partial charge in [0, 0.05) is 16.6 Å². The van der Waals surface area contributed by atoms with Gasteiger partial charge >= 0.3 is 0 Å². The molecule has 114 valence electrons. The molecule has 0 saturated heterocycles. The second-order valence-electron chi connectivity index (χ2n) is 5.55. The van der Waals surface area contributed by atoms with Gasteiger partial charge in [-0.05, 0) is 12.1 Å². The molecule has 1 aromatic carbocycles. The molecule has 1 aliphatic heterocycles. The molecular formula is C15H9Cl4NO2. The van der Waals surface area contributed by atoms with Crippen LogP contribution in [0.1, 0.15) is 19.4 Å². The maximum atomic E-state index is 12.0. The number of Topliss-reactive ketones (excluding diaryl/α,β-unsaturated/α-hetero) is 1. The summed E-state index contributed by atoms with van der Waals surface area (Å²) < 4.78 is 0. The zero-order chi connectivity index (χ0) is 16.4. The van der Waals surface area contributed by atoms with Crippen molar-refractivity contribution < 1.29 is 9.90 Å². The number of hydrogen-bond donors (Lipinski definition) is 1. The Bertz CT molecular complexity index is 834. The highest BCUT2D eigenvalue weighted by Gasteiger charge is 2.42. The summed E-state index contributed by atoms with van der Waals surface area (Å²) in [5.74, 6) is -0.677. The quantitative estimate of drug-likeness (QED) is 0.627. The number of ketones is 1. The van der Waals surface area contributed by atoms with Crippen molar-refractivity contribution in [2.75, 3.05) is 0 Å². The normalized spacial score (nSPS) is 19.5. The van der Waals surface area contributed by atoms with Crippen molar-refractivity contribution in [2.45, 2.75) is 19.3 Å². The molecule has 1 heterocycles. The predicted octanol–water partition coefficient (Wildman–Crippen LogP) is 5.26. The van der Waals surface area contributed by atoms with Gasteiger partial charge in [-0.2, -0.15) is 0 Å². The smallest absolute Gasteiger partial charge is 0.216 e. The molecule has 22 heavy (non-hydrogen) atoms. The predicted molar refractivity (Wildman–Crippen MR) is 90.1 cm³/mol. The Labute approximate surface area is 146 Å². The van der Waals surface area contributed by atoms with Gasteiger partial charge in [0.25, 0.3) is 0 Å². The van der Waals surface area contributed by atoms with Crippen LogP contribution in [0.5, 0.6) is 5.75 Å². The van der Waals surface area contributed by atoms with E-state index < -0.39 is 11.2 Å². The molecule has 0 unspecified atom stereocenters. The Balaban J connectivity index is 2.43. The molecule has 1 aliphatic carbocycles. The van der Waals surface area contributed by atoms with Gasteiger partial charge in [-0.25, -0.2) is 4.99 Å². The van der Waals surface area contributed by atoms with E-state index in [1.807, 2.05) is 13.8 Å². The first kappa shape index (κ1) is 15.9. The highest BCUT2D eigenvalue weighted by molar-refractivity contribution is 6.58. The minimum Gasteiger partial charge on any atom is -0.505 e. The molecule has 0 aromatic heterocycles. The molecule has 1 N–H and O–H groups in total. The van der Waals surface area contributed by atoms with E-state index in [1.54, 1.807) is 0 Å². The van der Waals surface area contributed by atoms with Crippen LogP contribution in [0.3, 0.4) is 0 Å². The molecule has 0 saturated carbocycles. The summed E-state index contributed by atoms with van der Waals surface area (Å²) in [7, 11) is 0. The summed E-state index contributed by atoms with van der Waals surface area (Å²) in [6.07, 6.45) is 1.48. The Hall–Kier alpha value is -1.00. The number of fused-ring (bicyclic) bond motifs is 2. The van der Waals surface area contributed by atoms with Crippen molar-refractivity contribution in [3.8, 4) is 5.75 Å². The van der Waals surface area contributed by atoms with Gasteiger partial charge in [-0.15, -0.1) is 0 Å². The minimum absolute atomic E-state index is 0.00252. The number of allylic oxidation sites excluding steroid dienone is 4. The van der Waals surface area contributed by atoms with E-state index >= 15 is 0 Å². The fraction of sp³-hybridized carbons (Fsp3) is 0.200. The third-order valence-electron chi connectivity index (χ3n) is 3.82. The number of nitrogens with zero attached hydrogens (tertiary/aromatic N) is 1. The molecule has 0 bridgehead atoms. The van der Waals surface area contributed by atoms with E-state index in [-0.39, 0.29) is 25.9 Å². The fourth-order valence-electron chi connectivity index (χ4n) is 2.81. The van der Waals surface area contributed by atoms with Crippen LogP contribution in [0.15, 0.2) is 32.8 Å². The molecule has 0 spiro atoms. The topological polar surface area (TPSA) is 49.7 Å². The number of phenols is 1. The number of carbonyl (C=O) groups is 1. The lowest BCUT2D eigenvalue weighted by molar-refractivity contribution is -0.111. The van der Waals surface area contributed by atoms with Crippen molar-refractivity contribution in [2.24, 2.45) is 4.99 Å². The summed E-state index contributed by atoms with van der Waals surface area (Å²) >= 11 is 24.3. The van der Waals surface area contributed by atoms with Crippen molar-refractivity contribution in [3.63, 3.8) is 0 Å². The molecule has 3 rings (SSSR count). The summed E-state index contributed by atoms with van der Waals surface area (Å²) in [6, 6.07) is 1.52. The first-order valence-electron chi connectivity index (χ1n) is 6.29. The average Bonchev–Trinajstić information content (AvgIpc) is 2.41. The SMILES string of the molecule is CC1(C)C2=C(Cl)C(=O)C(Cl)=CC2=Nc2cc(Cl)c(O)c(Cl)c21. The molecular weight excluding hydrogens is 368 g/mol. The van der Waals surface area contributed by atoms with Crippen LogP contribution in [0, 0.1) is 0 Å². The highest BCUT2D eigenvalue weighted by Crippen LogP contribution is 2.53. The van der Waals surface area contributed by atoms with Crippen LogP contribution in [0.4, 0.5) is 5.69 Å². The lowest BCUT2D eigenvalue weighted by Gasteiger charge is -2.36. The van der Waals surface area contributed by atoms with Gasteiger partial charge in [0.2, 0.25) is 5.78 Å². The van der Waals surface area contributed by atoms with Gasteiger partial charge in [0.05, 0.1) is 31.5 Å². The zero-order valence-corrected chi connectivity index (χ0v) is 14.5. The van der Waals surface area contributed by atoms with Gasteiger partial charge < -0.3 is 5.11 Å². The van der Waals surface area contributed by atoms with Gasteiger partial charge in [-0.3, -0.25) is 4.79 Å². The number of phenolic OH excluding ortho intramolecular Hbond substituents is 1. The van der Waals surface area contributed by atoms with E-state index in [0.717, 1.165) is 0 Å². The van der Waals surface area contributed by atoms with Crippen LogP contribution in [0.25, 0.3) is 0 Å². The first-order valence-corrected chi connectivity index (χ1v) is 7.80. The Morgan fingerprint density at radius 3 is 2.45 bits per heavy atom. The Kier molecular flexibility index (Phi) is 3.61. The molecule has 3 nitrogen and oxygen atoms in total. The number of rotatable bonds is 0. The minimum atomic E-state index is -0.744. The second-order valence-corrected chi connectivity index (χ2v) is 7.12. The second kappa shape index (κ2) is 5.00. The maximum Gasteiger partial charge on any atom is 0.216 e. The zero-order valence-electron chi connectivity index (χ0n) is 11.5. The van der Waals surface area contributed by atoms with Gasteiger partial charge in [0.1, 0.15) is 0 Å². The average molecular weight is 377 g/mol. The van der Waals surface area contributed by atoms with E-state index in [2.05, 4.69) is 4.99 Å². The number of hydrogen-bond acceptors (Lipinski definition) is 3. The summed E-state index contributed by atoms with van der Waals surface area (Å²) in [5, 5.41) is 10.2. The standard InChI is InChI=1S/C15H9Cl4NO2/c1-15(2)9-7(3-5(16)13(21)11(9)18)20-8-4-6(17)14(22)12(19)10(8)15/h3-4,21H,1-2H3. The number of aliphatic imine (C=N–C) groups is 1. The summed E-state index contributed by atoms with van der Waals surface area (Å²) in [5.41, 5.74) is 1.35. The number of benzene rings is 1. The molecule has 2 aliphatic rings. The molecule has 0 radical (unpaired) electrons. The molecule has 0 atom stereocenters. The van der Waals surface area contributed by atoms with Crippen molar-refractivity contribution in [3.05, 3.63) is 43.4 Å². The van der Waals surface area contributed by atoms with Crippen molar-refractivity contribution in [1.82, 2.24) is 0 Å². The van der Waals surface area contributed by atoms with E-state index in [9.17, 15) is 9.90 Å². The van der Waals surface area contributed by atoms with Gasteiger partial charge in [0.15, 0.2) is 5.75 Å². The number of halogens is 4. The van der Waals surface area contributed by atoms with Crippen LogP contribution in [0.2, 0.25) is 10.0 Å². The van der Waals surface area contributed by atoms with Crippen molar-refractivity contribution in [1.29, 1.82) is 0 Å². The Morgan fingerprint density at radius 1 is 1.18 bits per heavy atom.